The van der Waals surface area contributed by atoms with E-state index in [1.165, 1.54) is 11.1 Å². The van der Waals surface area contributed by atoms with Crippen molar-refractivity contribution < 1.29 is 14.3 Å². The quantitative estimate of drug-likeness (QED) is 0.503. The van der Waals surface area contributed by atoms with E-state index in [9.17, 15) is 4.79 Å². The molecule has 2 aliphatic rings. The number of carbonyl (C=O) groups excluding carboxylic acids is 1. The summed E-state index contributed by atoms with van der Waals surface area (Å²) in [6.07, 6.45) is 8.05. The first-order valence-electron chi connectivity index (χ1n) is 11.4. The van der Waals surface area contributed by atoms with Crippen LogP contribution in [0.25, 0.3) is 0 Å². The molecule has 168 valence electrons. The number of methoxy groups -OCH3 is 2. The molecule has 0 bridgehead atoms. The van der Waals surface area contributed by atoms with E-state index in [0.29, 0.717) is 18.5 Å². The van der Waals surface area contributed by atoms with Crippen molar-refractivity contribution in [2.75, 3.05) is 40.5 Å². The van der Waals surface area contributed by atoms with Crippen LogP contribution in [0.4, 0.5) is 0 Å². The highest BCUT2D eigenvalue weighted by atomic mass is 35.5. The molecule has 5 nitrogen and oxygen atoms in total. The normalized spacial score (nSPS) is 19.1. The number of amides is 1. The number of nitrogens with zero attached hydrogens (tertiary/aromatic N) is 1. The summed E-state index contributed by atoms with van der Waals surface area (Å²) in [7, 11) is 3.47. The molecule has 3 rings (SSSR count). The van der Waals surface area contributed by atoms with Crippen LogP contribution in [0, 0.1) is 5.92 Å². The summed E-state index contributed by atoms with van der Waals surface area (Å²) in [5.41, 5.74) is 3.53. The summed E-state index contributed by atoms with van der Waals surface area (Å²) in [5.74, 6) is 0.399. The number of rotatable bonds is 12. The largest absolute Gasteiger partial charge is 0.385 e. The van der Waals surface area contributed by atoms with Crippen LogP contribution in [-0.2, 0) is 33.7 Å². The van der Waals surface area contributed by atoms with E-state index < -0.39 is 0 Å². The molecule has 1 atom stereocenters. The van der Waals surface area contributed by atoms with Gasteiger partial charge >= 0.3 is 0 Å². The number of hydrogen-bond donors (Lipinski definition) is 1. The molecular formula is C24H37ClN2O3. The molecule has 1 aliphatic carbocycles. The van der Waals surface area contributed by atoms with Crippen LogP contribution in [0.2, 0.25) is 5.02 Å². The second kappa shape index (κ2) is 12.0. The molecule has 1 heterocycles. The van der Waals surface area contributed by atoms with Crippen LogP contribution in [0.1, 0.15) is 55.2 Å². The molecule has 1 amide bonds. The van der Waals surface area contributed by atoms with E-state index in [1.54, 1.807) is 14.2 Å². The first-order valence-corrected chi connectivity index (χ1v) is 11.8. The van der Waals surface area contributed by atoms with Gasteiger partial charge in [0.1, 0.15) is 0 Å². The number of nitrogens with one attached hydrogen (secondary N) is 1. The Morgan fingerprint density at radius 3 is 2.43 bits per heavy atom. The molecule has 0 spiro atoms. The Hall–Kier alpha value is -1.14. The van der Waals surface area contributed by atoms with Gasteiger partial charge in [0.05, 0.1) is 5.92 Å². The van der Waals surface area contributed by atoms with Crippen LogP contribution >= 0.6 is 11.6 Å². The van der Waals surface area contributed by atoms with Crippen molar-refractivity contribution in [3.8, 4) is 0 Å². The maximum atomic E-state index is 13.3. The number of halogens is 1. The van der Waals surface area contributed by atoms with Crippen LogP contribution in [0.15, 0.2) is 12.1 Å². The van der Waals surface area contributed by atoms with Crippen LogP contribution in [0.3, 0.4) is 0 Å². The topological polar surface area (TPSA) is 50.8 Å². The molecule has 1 N–H and O–H groups in total. The molecular weight excluding hydrogens is 400 g/mol. The fourth-order valence-corrected chi connectivity index (χ4v) is 4.61. The standard InChI is InChI=1S/C24H37ClN2O3/c1-29-12-4-6-18-14-19(8-5-13-30-2)23(25)21(15-18)17-27(22-9-10-22)24(28)20-7-3-11-26-16-20/h14-15,20,22,26H,3-13,16-17H2,1-2H3/t20-/m1/s1. The highest BCUT2D eigenvalue weighted by Crippen LogP contribution is 2.34. The third kappa shape index (κ3) is 6.68. The summed E-state index contributed by atoms with van der Waals surface area (Å²) >= 11 is 6.86. The molecule has 1 aliphatic heterocycles. The third-order valence-electron chi connectivity index (χ3n) is 6.15. The van der Waals surface area contributed by atoms with Crippen LogP contribution in [0.5, 0.6) is 0 Å². The summed E-state index contributed by atoms with van der Waals surface area (Å²) in [6.45, 7) is 3.91. The van der Waals surface area contributed by atoms with Gasteiger partial charge < -0.3 is 19.7 Å². The molecule has 1 saturated heterocycles. The van der Waals surface area contributed by atoms with Crippen molar-refractivity contribution in [3.05, 3.63) is 33.8 Å². The van der Waals surface area contributed by atoms with Crippen molar-refractivity contribution in [1.82, 2.24) is 10.2 Å². The minimum atomic E-state index is 0.101. The summed E-state index contributed by atoms with van der Waals surface area (Å²) in [6, 6.07) is 4.81. The van der Waals surface area contributed by atoms with Crippen molar-refractivity contribution in [3.63, 3.8) is 0 Å². The highest BCUT2D eigenvalue weighted by molar-refractivity contribution is 6.32. The Kier molecular flexibility index (Phi) is 9.44. The molecule has 1 saturated carbocycles. The Morgan fingerprint density at radius 1 is 1.10 bits per heavy atom. The summed E-state index contributed by atoms with van der Waals surface area (Å²) < 4.78 is 10.5. The zero-order chi connectivity index (χ0) is 21.3. The average Bonchev–Trinajstić information content (AvgIpc) is 3.60. The Morgan fingerprint density at radius 2 is 1.80 bits per heavy atom. The average molecular weight is 437 g/mol. The SMILES string of the molecule is COCCCc1cc(CCCOC)c(Cl)c(CN(C(=O)[C@@H]2CCCNC2)C2CC2)c1. The lowest BCUT2D eigenvalue weighted by Crippen LogP contribution is -2.43. The van der Waals surface area contributed by atoms with Gasteiger partial charge in [-0.25, -0.2) is 0 Å². The predicted molar refractivity (Wildman–Crippen MR) is 121 cm³/mol. The molecule has 0 radical (unpaired) electrons. The molecule has 0 aromatic heterocycles. The number of benzene rings is 1. The highest BCUT2D eigenvalue weighted by Gasteiger charge is 2.36. The Bertz CT molecular complexity index is 687. The molecule has 1 aromatic carbocycles. The monoisotopic (exact) mass is 436 g/mol. The van der Waals surface area contributed by atoms with Gasteiger partial charge in [-0.1, -0.05) is 23.7 Å². The first kappa shape index (κ1) is 23.5. The zero-order valence-electron chi connectivity index (χ0n) is 18.6. The van der Waals surface area contributed by atoms with Gasteiger partial charge in [0.2, 0.25) is 5.91 Å². The number of carbonyl (C=O) groups is 1. The maximum Gasteiger partial charge on any atom is 0.227 e. The van der Waals surface area contributed by atoms with Crippen LogP contribution in [-0.4, -0.2) is 57.4 Å². The van der Waals surface area contributed by atoms with Gasteiger partial charge in [0.15, 0.2) is 0 Å². The minimum Gasteiger partial charge on any atom is -0.385 e. The number of ether oxygens (including phenoxy) is 2. The molecule has 30 heavy (non-hydrogen) atoms. The van der Waals surface area contributed by atoms with Gasteiger partial charge in [0.25, 0.3) is 0 Å². The second-order valence-electron chi connectivity index (χ2n) is 8.66. The van der Waals surface area contributed by atoms with E-state index in [4.69, 9.17) is 21.1 Å². The predicted octanol–water partition coefficient (Wildman–Crippen LogP) is 3.99. The molecule has 0 unspecified atom stereocenters. The van der Waals surface area contributed by atoms with E-state index in [2.05, 4.69) is 22.3 Å². The third-order valence-corrected chi connectivity index (χ3v) is 6.63. The fraction of sp³-hybridized carbons (Fsp3) is 0.708. The lowest BCUT2D eigenvalue weighted by molar-refractivity contribution is -0.137. The number of aryl methyl sites for hydroxylation is 2. The number of hydrogen-bond acceptors (Lipinski definition) is 4. The number of piperidine rings is 1. The van der Waals surface area contributed by atoms with E-state index >= 15 is 0 Å². The Labute approximate surface area is 186 Å². The van der Waals surface area contributed by atoms with Crippen molar-refractivity contribution in [2.24, 2.45) is 5.92 Å². The van der Waals surface area contributed by atoms with E-state index in [-0.39, 0.29) is 5.92 Å². The first-order chi connectivity index (χ1) is 14.6. The van der Waals surface area contributed by atoms with Gasteiger partial charge in [-0.2, -0.15) is 0 Å². The summed E-state index contributed by atoms with van der Waals surface area (Å²) in [5, 5.41) is 4.20. The van der Waals surface area contributed by atoms with E-state index in [0.717, 1.165) is 88.3 Å². The van der Waals surface area contributed by atoms with Crippen molar-refractivity contribution in [1.29, 1.82) is 0 Å². The van der Waals surface area contributed by atoms with Crippen LogP contribution < -0.4 is 5.32 Å². The van der Waals surface area contributed by atoms with Crippen molar-refractivity contribution in [2.45, 2.75) is 64.0 Å². The minimum absolute atomic E-state index is 0.101. The molecule has 6 heteroatoms. The fourth-order valence-electron chi connectivity index (χ4n) is 4.34. The lowest BCUT2D eigenvalue weighted by atomic mass is 9.96. The second-order valence-corrected chi connectivity index (χ2v) is 9.04. The zero-order valence-corrected chi connectivity index (χ0v) is 19.3. The lowest BCUT2D eigenvalue weighted by Gasteiger charge is -2.30. The Balaban J connectivity index is 1.78. The van der Waals surface area contributed by atoms with E-state index in [1.807, 2.05) is 0 Å². The smallest absolute Gasteiger partial charge is 0.227 e. The molecule has 1 aromatic rings. The van der Waals surface area contributed by atoms with Gasteiger partial charge in [-0.05, 0) is 74.6 Å². The van der Waals surface area contributed by atoms with Crippen molar-refractivity contribution >= 4 is 17.5 Å². The summed E-state index contributed by atoms with van der Waals surface area (Å²) in [4.78, 5) is 15.4. The van der Waals surface area contributed by atoms with Gasteiger partial charge in [-0.3, -0.25) is 4.79 Å². The maximum absolute atomic E-state index is 13.3. The van der Waals surface area contributed by atoms with Gasteiger partial charge in [-0.15, -0.1) is 0 Å². The molecule has 2 fully saturated rings. The van der Waals surface area contributed by atoms with Gasteiger partial charge in [0, 0.05) is 51.6 Å².